The van der Waals surface area contributed by atoms with Gasteiger partial charge in [0, 0.05) is 18.7 Å². The van der Waals surface area contributed by atoms with Crippen LogP contribution in [-0.2, 0) is 17.8 Å². The van der Waals surface area contributed by atoms with Crippen molar-refractivity contribution in [1.82, 2.24) is 14.9 Å². The summed E-state index contributed by atoms with van der Waals surface area (Å²) in [6.45, 7) is 4.66. The lowest BCUT2D eigenvalue weighted by Gasteiger charge is -2.13. The first-order valence-electron chi connectivity index (χ1n) is 11.3. The molecule has 2 amide bonds. The number of rotatable bonds is 8. The molecule has 4 aromatic rings. The highest BCUT2D eigenvalue weighted by molar-refractivity contribution is 6.33. The van der Waals surface area contributed by atoms with E-state index in [1.807, 2.05) is 60.9 Å². The number of amides is 2. The third-order valence-electron chi connectivity index (χ3n) is 5.90. The van der Waals surface area contributed by atoms with Crippen LogP contribution in [0.5, 0.6) is 0 Å². The third-order valence-corrected chi connectivity index (χ3v) is 6.22. The van der Waals surface area contributed by atoms with Crippen molar-refractivity contribution in [2.24, 2.45) is 0 Å². The van der Waals surface area contributed by atoms with Crippen LogP contribution in [0.1, 0.15) is 33.7 Å². The molecule has 7 heteroatoms. The Hall–Kier alpha value is -3.64. The first-order chi connectivity index (χ1) is 16.4. The average Bonchev–Trinajstić information content (AvgIpc) is 3.17. The highest BCUT2D eigenvalue weighted by Crippen LogP contribution is 2.20. The molecule has 0 unspecified atom stereocenters. The van der Waals surface area contributed by atoms with Crippen LogP contribution in [0, 0.1) is 13.8 Å². The van der Waals surface area contributed by atoms with Crippen LogP contribution in [-0.4, -0.2) is 27.9 Å². The van der Waals surface area contributed by atoms with Crippen molar-refractivity contribution in [2.75, 3.05) is 11.9 Å². The second-order valence-electron chi connectivity index (χ2n) is 8.24. The molecule has 6 nitrogen and oxygen atoms in total. The molecule has 0 bridgehead atoms. The molecule has 3 aromatic carbocycles. The van der Waals surface area contributed by atoms with E-state index < -0.39 is 0 Å². The van der Waals surface area contributed by atoms with Gasteiger partial charge in [0.2, 0.25) is 5.91 Å². The van der Waals surface area contributed by atoms with E-state index >= 15 is 0 Å². The first-order valence-corrected chi connectivity index (χ1v) is 11.6. The van der Waals surface area contributed by atoms with Gasteiger partial charge in [-0.1, -0.05) is 48.0 Å². The molecule has 34 heavy (non-hydrogen) atoms. The summed E-state index contributed by atoms with van der Waals surface area (Å²) in [4.78, 5) is 30.0. The fourth-order valence-corrected chi connectivity index (χ4v) is 4.12. The quantitative estimate of drug-likeness (QED) is 0.340. The summed E-state index contributed by atoms with van der Waals surface area (Å²) in [7, 11) is 0. The normalized spacial score (nSPS) is 10.9. The van der Waals surface area contributed by atoms with E-state index in [1.54, 1.807) is 24.3 Å². The Morgan fingerprint density at radius 2 is 1.74 bits per heavy atom. The number of anilines is 1. The molecule has 1 heterocycles. The van der Waals surface area contributed by atoms with Crippen LogP contribution in [0.25, 0.3) is 11.0 Å². The number of hydrogen-bond donors (Lipinski definition) is 2. The van der Waals surface area contributed by atoms with E-state index in [4.69, 9.17) is 16.6 Å². The van der Waals surface area contributed by atoms with Gasteiger partial charge in [0.25, 0.3) is 5.91 Å². The summed E-state index contributed by atoms with van der Waals surface area (Å²) < 4.78 is 1.95. The molecule has 0 aliphatic carbocycles. The number of fused-ring (bicyclic) bond motifs is 1. The Balaban J connectivity index is 1.44. The minimum absolute atomic E-state index is 0.106. The number of nitrogens with one attached hydrogen (secondary N) is 2. The maximum atomic E-state index is 12.9. The monoisotopic (exact) mass is 474 g/mol. The standard InChI is InChI=1S/C27H27ClN4O2/c1-18-9-7-13-22(19(18)2)31-26(33)17-32-24-14-6-5-12-23(24)30-25(32)15-8-16-29-27(34)20-10-3-4-11-21(20)28/h3-7,9-14H,8,15-17H2,1-2H3,(H,29,34)(H,31,33). The lowest BCUT2D eigenvalue weighted by Crippen LogP contribution is -2.25. The average molecular weight is 475 g/mol. The van der Waals surface area contributed by atoms with Gasteiger partial charge in [0.05, 0.1) is 21.6 Å². The molecular formula is C27H27ClN4O2. The molecule has 0 saturated heterocycles. The van der Waals surface area contributed by atoms with Gasteiger partial charge in [-0.2, -0.15) is 0 Å². The van der Waals surface area contributed by atoms with Crippen molar-refractivity contribution in [3.8, 4) is 0 Å². The van der Waals surface area contributed by atoms with Gasteiger partial charge in [-0.3, -0.25) is 9.59 Å². The minimum Gasteiger partial charge on any atom is -0.352 e. The summed E-state index contributed by atoms with van der Waals surface area (Å²) in [6, 6.07) is 20.6. The molecule has 1 aromatic heterocycles. The fraction of sp³-hybridized carbons (Fsp3) is 0.222. The number of nitrogens with zero attached hydrogens (tertiary/aromatic N) is 2. The lowest BCUT2D eigenvalue weighted by molar-refractivity contribution is -0.116. The van der Waals surface area contributed by atoms with Crippen LogP contribution in [0.15, 0.2) is 66.7 Å². The zero-order chi connectivity index (χ0) is 24.1. The number of para-hydroxylation sites is 2. The predicted octanol–water partition coefficient (Wildman–Crippen LogP) is 5.31. The maximum absolute atomic E-state index is 12.9. The molecule has 2 N–H and O–H groups in total. The largest absolute Gasteiger partial charge is 0.352 e. The van der Waals surface area contributed by atoms with Gasteiger partial charge in [-0.05, 0) is 61.7 Å². The zero-order valence-corrected chi connectivity index (χ0v) is 20.0. The van der Waals surface area contributed by atoms with E-state index in [0.717, 1.165) is 33.7 Å². The van der Waals surface area contributed by atoms with E-state index in [0.29, 0.717) is 30.0 Å². The molecule has 0 saturated carbocycles. The Kier molecular flexibility index (Phi) is 7.28. The third kappa shape index (κ3) is 5.29. The first kappa shape index (κ1) is 23.5. The van der Waals surface area contributed by atoms with Gasteiger partial charge in [0.1, 0.15) is 12.4 Å². The molecule has 174 valence electrons. The Morgan fingerprint density at radius 1 is 0.971 bits per heavy atom. The Labute approximate surface area is 204 Å². The molecule has 0 spiro atoms. The van der Waals surface area contributed by atoms with E-state index in [2.05, 4.69) is 10.6 Å². The van der Waals surface area contributed by atoms with Gasteiger partial charge < -0.3 is 15.2 Å². The summed E-state index contributed by atoms with van der Waals surface area (Å²) in [5, 5.41) is 6.37. The number of imidazole rings is 1. The van der Waals surface area contributed by atoms with Crippen LogP contribution < -0.4 is 10.6 Å². The van der Waals surface area contributed by atoms with E-state index in [1.165, 1.54) is 0 Å². The summed E-state index contributed by atoms with van der Waals surface area (Å²) in [5.41, 5.74) is 5.22. The number of aryl methyl sites for hydroxylation is 2. The van der Waals surface area contributed by atoms with Crippen LogP contribution in [0.2, 0.25) is 5.02 Å². The molecule has 0 aliphatic rings. The van der Waals surface area contributed by atoms with Crippen molar-refractivity contribution >= 4 is 40.1 Å². The number of hydrogen-bond acceptors (Lipinski definition) is 3. The summed E-state index contributed by atoms with van der Waals surface area (Å²) >= 11 is 6.11. The number of halogens is 1. The zero-order valence-electron chi connectivity index (χ0n) is 19.3. The van der Waals surface area contributed by atoms with Gasteiger partial charge in [-0.15, -0.1) is 0 Å². The fourth-order valence-electron chi connectivity index (χ4n) is 3.90. The van der Waals surface area contributed by atoms with E-state index in [9.17, 15) is 9.59 Å². The topological polar surface area (TPSA) is 76.0 Å². The molecule has 0 radical (unpaired) electrons. The molecule has 0 aliphatic heterocycles. The van der Waals surface area contributed by atoms with Gasteiger partial charge >= 0.3 is 0 Å². The summed E-state index contributed by atoms with van der Waals surface area (Å²) in [6.07, 6.45) is 1.30. The molecular weight excluding hydrogens is 448 g/mol. The van der Waals surface area contributed by atoms with Gasteiger partial charge in [0.15, 0.2) is 0 Å². The smallest absolute Gasteiger partial charge is 0.252 e. The predicted molar refractivity (Wildman–Crippen MR) is 136 cm³/mol. The SMILES string of the molecule is Cc1cccc(NC(=O)Cn2c(CCCNC(=O)c3ccccc3Cl)nc3ccccc32)c1C. The van der Waals surface area contributed by atoms with E-state index in [-0.39, 0.29) is 18.4 Å². The number of carbonyl (C=O) groups excluding carboxylic acids is 2. The maximum Gasteiger partial charge on any atom is 0.252 e. The molecule has 0 atom stereocenters. The second-order valence-corrected chi connectivity index (χ2v) is 8.65. The van der Waals surface area contributed by atoms with Crippen molar-refractivity contribution in [3.05, 3.63) is 94.3 Å². The Morgan fingerprint density at radius 3 is 2.56 bits per heavy atom. The summed E-state index contributed by atoms with van der Waals surface area (Å²) in [5.74, 6) is 0.501. The van der Waals surface area contributed by atoms with Crippen LogP contribution in [0.4, 0.5) is 5.69 Å². The minimum atomic E-state index is -0.202. The Bertz CT molecular complexity index is 1350. The van der Waals surface area contributed by atoms with Crippen LogP contribution >= 0.6 is 11.6 Å². The van der Waals surface area contributed by atoms with Crippen molar-refractivity contribution in [3.63, 3.8) is 0 Å². The molecule has 4 rings (SSSR count). The number of carbonyl (C=O) groups is 2. The lowest BCUT2D eigenvalue weighted by atomic mass is 10.1. The number of benzene rings is 3. The molecule has 0 fully saturated rings. The second kappa shape index (κ2) is 10.5. The van der Waals surface area contributed by atoms with Crippen LogP contribution in [0.3, 0.4) is 0 Å². The highest BCUT2D eigenvalue weighted by atomic mass is 35.5. The van der Waals surface area contributed by atoms with Crippen molar-refractivity contribution in [2.45, 2.75) is 33.2 Å². The highest BCUT2D eigenvalue weighted by Gasteiger charge is 2.15. The number of aromatic nitrogens is 2. The van der Waals surface area contributed by atoms with Crippen molar-refractivity contribution < 1.29 is 9.59 Å². The van der Waals surface area contributed by atoms with Gasteiger partial charge in [-0.25, -0.2) is 4.98 Å². The van der Waals surface area contributed by atoms with Crippen molar-refractivity contribution in [1.29, 1.82) is 0 Å².